The van der Waals surface area contributed by atoms with Crippen LogP contribution in [0.15, 0.2) is 69.5 Å². The van der Waals surface area contributed by atoms with E-state index in [2.05, 4.69) is 21.2 Å². The summed E-state index contributed by atoms with van der Waals surface area (Å²) in [5.41, 5.74) is 4.61. The van der Waals surface area contributed by atoms with Crippen molar-refractivity contribution in [1.82, 2.24) is 5.32 Å². The third kappa shape index (κ3) is 5.01. The van der Waals surface area contributed by atoms with Crippen LogP contribution in [0.25, 0.3) is 0 Å². The van der Waals surface area contributed by atoms with Gasteiger partial charge in [-0.05, 0) is 61.1 Å². The summed E-state index contributed by atoms with van der Waals surface area (Å²) in [6, 6.07) is 13.6. The Balaban J connectivity index is 1.76. The van der Waals surface area contributed by atoms with Gasteiger partial charge in [-0.15, -0.1) is 0 Å². The number of carbonyl (C=O) groups is 2. The summed E-state index contributed by atoms with van der Waals surface area (Å²) in [5.74, 6) is 0.431. The highest BCUT2D eigenvalue weighted by Gasteiger charge is 2.41. The molecule has 7 heteroatoms. The van der Waals surface area contributed by atoms with Gasteiger partial charge in [-0.2, -0.15) is 0 Å². The lowest BCUT2D eigenvalue weighted by Crippen LogP contribution is -2.36. The molecular weight excluding hydrogens is 510 g/mol. The van der Waals surface area contributed by atoms with E-state index in [-0.39, 0.29) is 17.7 Å². The van der Waals surface area contributed by atoms with Crippen molar-refractivity contribution in [3.63, 3.8) is 0 Å². The molecule has 2 atom stereocenters. The molecule has 2 aromatic rings. The molecule has 0 fully saturated rings. The molecule has 2 aromatic carbocycles. The lowest BCUT2D eigenvalue weighted by Gasteiger charge is -2.36. The zero-order chi connectivity index (χ0) is 25.1. The first-order valence-electron chi connectivity index (χ1n) is 11.8. The number of rotatable bonds is 7. The molecule has 6 nitrogen and oxygen atoms in total. The minimum Gasteiger partial charge on any atom is -0.493 e. The average molecular weight is 540 g/mol. The second-order valence-corrected chi connectivity index (χ2v) is 9.74. The fourth-order valence-corrected chi connectivity index (χ4v) is 5.36. The topological polar surface area (TPSA) is 73.9 Å². The van der Waals surface area contributed by atoms with Crippen molar-refractivity contribution in [3.05, 3.63) is 80.6 Å². The third-order valence-corrected chi connectivity index (χ3v) is 7.04. The van der Waals surface area contributed by atoms with E-state index in [9.17, 15) is 9.59 Å². The van der Waals surface area contributed by atoms with Gasteiger partial charge >= 0.3 is 5.97 Å². The third-order valence-electron chi connectivity index (χ3n) is 6.55. The van der Waals surface area contributed by atoms with Gasteiger partial charge in [-0.1, -0.05) is 41.1 Å². The van der Waals surface area contributed by atoms with Gasteiger partial charge in [0, 0.05) is 33.8 Å². The monoisotopic (exact) mass is 539 g/mol. The Morgan fingerprint density at radius 3 is 2.51 bits per heavy atom. The first-order valence-corrected chi connectivity index (χ1v) is 12.6. The number of halogens is 1. The van der Waals surface area contributed by atoms with Crippen LogP contribution in [0, 0.1) is 0 Å². The summed E-state index contributed by atoms with van der Waals surface area (Å²) in [7, 11) is 3.21. The van der Waals surface area contributed by atoms with Crippen molar-refractivity contribution in [1.29, 1.82) is 0 Å². The van der Waals surface area contributed by atoms with E-state index in [1.807, 2.05) is 56.3 Å². The van der Waals surface area contributed by atoms with Crippen molar-refractivity contribution in [2.45, 2.75) is 44.9 Å². The highest BCUT2D eigenvalue weighted by Crippen LogP contribution is 2.46. The van der Waals surface area contributed by atoms with Crippen molar-refractivity contribution >= 4 is 27.7 Å². The van der Waals surface area contributed by atoms with E-state index in [1.54, 1.807) is 14.2 Å². The minimum absolute atomic E-state index is 0.0156. The van der Waals surface area contributed by atoms with Crippen molar-refractivity contribution in [2.24, 2.45) is 0 Å². The Hall–Kier alpha value is -3.06. The van der Waals surface area contributed by atoms with Crippen LogP contribution in [-0.4, -0.2) is 32.6 Å². The smallest absolute Gasteiger partial charge is 0.336 e. The number of hydrogen-bond donors (Lipinski definition) is 1. The predicted molar refractivity (Wildman–Crippen MR) is 138 cm³/mol. The largest absolute Gasteiger partial charge is 0.493 e. The van der Waals surface area contributed by atoms with Crippen LogP contribution in [0.3, 0.4) is 0 Å². The van der Waals surface area contributed by atoms with Crippen LogP contribution in [0.1, 0.15) is 56.1 Å². The summed E-state index contributed by atoms with van der Waals surface area (Å²) in [4.78, 5) is 26.8. The Morgan fingerprint density at radius 1 is 1.06 bits per heavy atom. The number of nitrogens with one attached hydrogen (secondary N) is 1. The van der Waals surface area contributed by atoms with Gasteiger partial charge in [0.1, 0.15) is 0 Å². The highest BCUT2D eigenvalue weighted by atomic mass is 79.9. The molecule has 1 heterocycles. The number of benzene rings is 2. The Bertz CT molecular complexity index is 1220. The summed E-state index contributed by atoms with van der Waals surface area (Å²) < 4.78 is 17.3. The molecule has 0 unspecified atom stereocenters. The molecular formula is C28H30BrNO5. The number of dihydropyridines is 1. The van der Waals surface area contributed by atoms with E-state index in [1.165, 1.54) is 0 Å². The number of allylic oxidation sites excluding steroid dienone is 3. The number of ketones is 1. The van der Waals surface area contributed by atoms with Crippen LogP contribution in [0.2, 0.25) is 0 Å². The van der Waals surface area contributed by atoms with E-state index >= 15 is 0 Å². The van der Waals surface area contributed by atoms with Crippen molar-refractivity contribution in [2.75, 3.05) is 20.8 Å². The summed E-state index contributed by atoms with van der Waals surface area (Å²) >= 11 is 3.54. The fraction of sp³-hybridized carbons (Fsp3) is 0.357. The normalized spacial score (nSPS) is 19.7. The standard InChI is InChI=1S/C28H30BrNO5/c1-5-11-35-28(32)25-16(2)30-21-13-19(17-9-10-23(33-3)24(15-17)34-4)14-22(31)27(21)26(25)18-7-6-8-20(29)12-18/h6-10,12,15,19,26,30H,5,11,13-14H2,1-4H3/t19-,26-/m0/s1. The Kier molecular flexibility index (Phi) is 7.65. The highest BCUT2D eigenvalue weighted by molar-refractivity contribution is 9.10. The molecule has 0 radical (unpaired) electrons. The molecule has 35 heavy (non-hydrogen) atoms. The molecule has 4 rings (SSSR count). The number of ether oxygens (including phenoxy) is 3. The number of esters is 1. The number of hydrogen-bond acceptors (Lipinski definition) is 6. The summed E-state index contributed by atoms with van der Waals surface area (Å²) in [5, 5.41) is 3.39. The first kappa shape index (κ1) is 25.0. The van der Waals surface area contributed by atoms with Gasteiger partial charge < -0.3 is 19.5 Å². The van der Waals surface area contributed by atoms with E-state index in [0.717, 1.165) is 33.4 Å². The molecule has 0 saturated heterocycles. The Labute approximate surface area is 214 Å². The van der Waals surface area contributed by atoms with Gasteiger partial charge in [-0.3, -0.25) is 4.79 Å². The molecule has 1 N–H and O–H groups in total. The van der Waals surface area contributed by atoms with Crippen LogP contribution >= 0.6 is 15.9 Å². The van der Waals surface area contributed by atoms with Crippen molar-refractivity contribution in [3.8, 4) is 11.5 Å². The van der Waals surface area contributed by atoms with Crippen LogP contribution in [-0.2, 0) is 14.3 Å². The zero-order valence-corrected chi connectivity index (χ0v) is 22.0. The molecule has 1 aliphatic heterocycles. The van der Waals surface area contributed by atoms with Crippen LogP contribution in [0.4, 0.5) is 0 Å². The van der Waals surface area contributed by atoms with Gasteiger partial charge in [0.05, 0.1) is 26.4 Å². The lowest BCUT2D eigenvalue weighted by atomic mass is 9.71. The van der Waals surface area contributed by atoms with E-state index in [4.69, 9.17) is 14.2 Å². The maximum atomic E-state index is 13.7. The first-order chi connectivity index (χ1) is 16.9. The summed E-state index contributed by atoms with van der Waals surface area (Å²) in [6.07, 6.45) is 1.72. The second-order valence-electron chi connectivity index (χ2n) is 8.82. The number of carbonyl (C=O) groups excluding carboxylic acids is 2. The van der Waals surface area contributed by atoms with E-state index in [0.29, 0.717) is 42.1 Å². The molecule has 0 bridgehead atoms. The molecule has 0 spiro atoms. The van der Waals surface area contributed by atoms with Gasteiger partial charge in [-0.25, -0.2) is 4.79 Å². The predicted octanol–water partition coefficient (Wildman–Crippen LogP) is 5.78. The van der Waals surface area contributed by atoms with Gasteiger partial charge in [0.25, 0.3) is 0 Å². The minimum atomic E-state index is -0.480. The quantitative estimate of drug-likeness (QED) is 0.449. The summed E-state index contributed by atoms with van der Waals surface area (Å²) in [6.45, 7) is 4.17. The zero-order valence-electron chi connectivity index (χ0n) is 20.4. The molecule has 0 saturated carbocycles. The van der Waals surface area contributed by atoms with Gasteiger partial charge in [0.15, 0.2) is 17.3 Å². The molecule has 0 amide bonds. The van der Waals surface area contributed by atoms with E-state index < -0.39 is 5.92 Å². The lowest BCUT2D eigenvalue weighted by molar-refractivity contribution is -0.139. The molecule has 2 aliphatic rings. The number of methoxy groups -OCH3 is 2. The maximum absolute atomic E-state index is 13.7. The maximum Gasteiger partial charge on any atom is 0.336 e. The number of Topliss-reactive ketones (excluding diaryl/α,β-unsaturated/α-hetero) is 1. The molecule has 184 valence electrons. The average Bonchev–Trinajstić information content (AvgIpc) is 2.85. The molecule has 1 aliphatic carbocycles. The SMILES string of the molecule is CCCOC(=O)C1=C(C)NC2=C(C(=O)C[C@@H](c3ccc(OC)c(OC)c3)C2)[C@H]1c1cccc(Br)c1. The Morgan fingerprint density at radius 2 is 1.83 bits per heavy atom. The van der Waals surface area contributed by atoms with Crippen molar-refractivity contribution < 1.29 is 23.8 Å². The second kappa shape index (κ2) is 10.7. The molecule has 0 aromatic heterocycles. The fourth-order valence-electron chi connectivity index (χ4n) is 4.94. The van der Waals surface area contributed by atoms with Crippen LogP contribution in [0.5, 0.6) is 11.5 Å². The van der Waals surface area contributed by atoms with Crippen LogP contribution < -0.4 is 14.8 Å². The van der Waals surface area contributed by atoms with Gasteiger partial charge in [0.2, 0.25) is 0 Å².